The number of carboxylic acids is 1. The Morgan fingerprint density at radius 3 is 3.06 bits per heavy atom. The fourth-order valence-corrected chi connectivity index (χ4v) is 1.52. The van der Waals surface area contributed by atoms with Crippen LogP contribution in [0.3, 0.4) is 0 Å². The van der Waals surface area contributed by atoms with Crippen molar-refractivity contribution in [3.05, 3.63) is 23.5 Å². The molecule has 0 spiro atoms. The number of hydrogen-bond donors (Lipinski definition) is 2. The minimum atomic E-state index is -1.16. The highest BCUT2D eigenvalue weighted by molar-refractivity contribution is 5.88. The zero-order valence-corrected chi connectivity index (χ0v) is 9.67. The van der Waals surface area contributed by atoms with E-state index in [4.69, 9.17) is 14.6 Å². The fraction of sp³-hybridized carbons (Fsp3) is 0.364. The van der Waals surface area contributed by atoms with Crippen LogP contribution in [0.15, 0.2) is 12.1 Å². The second-order valence-electron chi connectivity index (χ2n) is 3.82. The second kappa shape index (κ2) is 4.91. The standard InChI is InChI=1S/C11H12N2O5/c1-6-2-3-8(9(13-6)10(14)15)17-5-7-4-12-11(16)18-7/h2-3,7H,4-5H2,1H3,(H,12,16)(H,14,15). The van der Waals surface area contributed by atoms with E-state index in [0.717, 1.165) is 0 Å². The number of pyridine rings is 1. The molecule has 1 aliphatic rings. The van der Waals surface area contributed by atoms with Gasteiger partial charge < -0.3 is 19.9 Å². The topological polar surface area (TPSA) is 97.8 Å². The molecular weight excluding hydrogens is 240 g/mol. The number of nitrogens with zero attached hydrogens (tertiary/aromatic N) is 1. The summed E-state index contributed by atoms with van der Waals surface area (Å²) in [5, 5.41) is 11.5. The molecule has 2 rings (SSSR count). The van der Waals surface area contributed by atoms with Crippen molar-refractivity contribution in [3.8, 4) is 5.75 Å². The summed E-state index contributed by atoms with van der Waals surface area (Å²) in [4.78, 5) is 25.7. The van der Waals surface area contributed by atoms with Crippen molar-refractivity contribution in [2.75, 3.05) is 13.2 Å². The van der Waals surface area contributed by atoms with Gasteiger partial charge in [0.2, 0.25) is 0 Å². The van der Waals surface area contributed by atoms with Crippen LogP contribution in [0.5, 0.6) is 5.75 Å². The third kappa shape index (κ3) is 2.68. The Kier molecular flexibility index (Phi) is 3.31. The van der Waals surface area contributed by atoms with Gasteiger partial charge >= 0.3 is 12.1 Å². The van der Waals surface area contributed by atoms with E-state index in [9.17, 15) is 9.59 Å². The molecule has 1 aromatic heterocycles. The van der Waals surface area contributed by atoms with Gasteiger partial charge in [-0.1, -0.05) is 0 Å². The van der Waals surface area contributed by atoms with Crippen LogP contribution in [0.25, 0.3) is 0 Å². The SMILES string of the molecule is Cc1ccc(OCC2CNC(=O)O2)c(C(=O)O)n1. The van der Waals surface area contributed by atoms with Gasteiger partial charge in [-0.2, -0.15) is 0 Å². The van der Waals surface area contributed by atoms with Crippen LogP contribution in [0.2, 0.25) is 0 Å². The number of ether oxygens (including phenoxy) is 2. The molecule has 7 heteroatoms. The molecule has 0 aromatic carbocycles. The van der Waals surface area contributed by atoms with Gasteiger partial charge in [0.1, 0.15) is 6.61 Å². The first-order valence-corrected chi connectivity index (χ1v) is 5.34. The largest absolute Gasteiger partial charge is 0.487 e. The number of amides is 1. The van der Waals surface area contributed by atoms with Crippen molar-refractivity contribution in [3.63, 3.8) is 0 Å². The number of alkyl carbamates (subject to hydrolysis) is 1. The van der Waals surface area contributed by atoms with Crippen LogP contribution in [-0.2, 0) is 4.74 Å². The van der Waals surface area contributed by atoms with Crippen molar-refractivity contribution in [1.29, 1.82) is 0 Å². The third-order valence-corrected chi connectivity index (χ3v) is 2.37. The molecule has 7 nitrogen and oxygen atoms in total. The molecule has 96 valence electrons. The number of carbonyl (C=O) groups is 2. The summed E-state index contributed by atoms with van der Waals surface area (Å²) in [5.41, 5.74) is 0.445. The Morgan fingerprint density at radius 1 is 1.67 bits per heavy atom. The van der Waals surface area contributed by atoms with Gasteiger partial charge in [0.05, 0.1) is 6.54 Å². The molecule has 2 heterocycles. The van der Waals surface area contributed by atoms with Gasteiger partial charge in [0, 0.05) is 5.69 Å². The highest BCUT2D eigenvalue weighted by atomic mass is 16.6. The van der Waals surface area contributed by atoms with E-state index in [2.05, 4.69) is 10.3 Å². The summed E-state index contributed by atoms with van der Waals surface area (Å²) in [6.07, 6.45) is -0.912. The summed E-state index contributed by atoms with van der Waals surface area (Å²) in [6, 6.07) is 3.19. The summed E-state index contributed by atoms with van der Waals surface area (Å²) >= 11 is 0. The Bertz CT molecular complexity index is 488. The first-order valence-electron chi connectivity index (χ1n) is 5.34. The average molecular weight is 252 g/mol. The quantitative estimate of drug-likeness (QED) is 0.813. The summed E-state index contributed by atoms with van der Waals surface area (Å²) < 4.78 is 10.2. The lowest BCUT2D eigenvalue weighted by Crippen LogP contribution is -2.22. The minimum absolute atomic E-state index is 0.0871. The maximum atomic E-state index is 11.0. The number of cyclic esters (lactones) is 1. The van der Waals surface area contributed by atoms with E-state index >= 15 is 0 Å². The smallest absolute Gasteiger partial charge is 0.407 e. The Hall–Kier alpha value is -2.31. The van der Waals surface area contributed by atoms with Crippen molar-refractivity contribution in [2.24, 2.45) is 0 Å². The van der Waals surface area contributed by atoms with Crippen molar-refractivity contribution in [2.45, 2.75) is 13.0 Å². The number of aromatic carboxylic acids is 1. The van der Waals surface area contributed by atoms with E-state index in [1.165, 1.54) is 6.07 Å². The highest BCUT2D eigenvalue weighted by Crippen LogP contribution is 2.17. The van der Waals surface area contributed by atoms with Crippen LogP contribution in [0.1, 0.15) is 16.2 Å². The molecule has 0 saturated carbocycles. The number of rotatable bonds is 4. The molecule has 0 aliphatic carbocycles. The lowest BCUT2D eigenvalue weighted by atomic mass is 10.3. The van der Waals surface area contributed by atoms with E-state index in [1.54, 1.807) is 13.0 Å². The van der Waals surface area contributed by atoms with Crippen LogP contribution in [0.4, 0.5) is 4.79 Å². The van der Waals surface area contributed by atoms with E-state index < -0.39 is 18.2 Å². The maximum absolute atomic E-state index is 11.0. The first kappa shape index (κ1) is 12.2. The number of carboxylic acid groups (broad SMARTS) is 1. The fourth-order valence-electron chi connectivity index (χ4n) is 1.52. The molecule has 1 aliphatic heterocycles. The molecule has 1 aromatic rings. The highest BCUT2D eigenvalue weighted by Gasteiger charge is 2.24. The number of carbonyl (C=O) groups excluding carboxylic acids is 1. The van der Waals surface area contributed by atoms with Crippen molar-refractivity contribution in [1.82, 2.24) is 10.3 Å². The van der Waals surface area contributed by atoms with Gasteiger partial charge in [-0.15, -0.1) is 0 Å². The molecule has 18 heavy (non-hydrogen) atoms. The normalized spacial score (nSPS) is 18.1. The Morgan fingerprint density at radius 2 is 2.44 bits per heavy atom. The van der Waals surface area contributed by atoms with Gasteiger partial charge in [0.15, 0.2) is 17.5 Å². The zero-order valence-electron chi connectivity index (χ0n) is 9.67. The third-order valence-electron chi connectivity index (χ3n) is 2.37. The molecule has 1 unspecified atom stereocenters. The van der Waals surface area contributed by atoms with Crippen LogP contribution in [0, 0.1) is 6.92 Å². The monoisotopic (exact) mass is 252 g/mol. The average Bonchev–Trinajstić information content (AvgIpc) is 2.73. The van der Waals surface area contributed by atoms with Crippen LogP contribution in [-0.4, -0.2) is 41.4 Å². The van der Waals surface area contributed by atoms with Crippen LogP contribution >= 0.6 is 0 Å². The van der Waals surface area contributed by atoms with Crippen molar-refractivity contribution >= 4 is 12.1 Å². The Balaban J connectivity index is 2.04. The molecule has 1 atom stereocenters. The van der Waals surface area contributed by atoms with Crippen LogP contribution < -0.4 is 10.1 Å². The molecule has 1 fully saturated rings. The molecule has 0 radical (unpaired) electrons. The lowest BCUT2D eigenvalue weighted by molar-refractivity contribution is 0.0676. The number of hydrogen-bond acceptors (Lipinski definition) is 5. The summed E-state index contributed by atoms with van der Waals surface area (Å²) in [6.45, 7) is 2.13. The predicted molar refractivity (Wildman–Crippen MR) is 59.7 cm³/mol. The van der Waals surface area contributed by atoms with E-state index in [1.807, 2.05) is 0 Å². The van der Waals surface area contributed by atoms with E-state index in [-0.39, 0.29) is 18.1 Å². The minimum Gasteiger partial charge on any atom is -0.487 e. The van der Waals surface area contributed by atoms with Gasteiger partial charge in [-0.05, 0) is 19.1 Å². The first-order chi connectivity index (χ1) is 8.56. The maximum Gasteiger partial charge on any atom is 0.407 e. The van der Waals surface area contributed by atoms with E-state index in [0.29, 0.717) is 12.2 Å². The van der Waals surface area contributed by atoms with Gasteiger partial charge in [-0.25, -0.2) is 14.6 Å². The summed E-state index contributed by atoms with van der Waals surface area (Å²) in [5.74, 6) is -0.994. The molecule has 1 saturated heterocycles. The summed E-state index contributed by atoms with van der Waals surface area (Å²) in [7, 11) is 0. The second-order valence-corrected chi connectivity index (χ2v) is 3.82. The van der Waals surface area contributed by atoms with Gasteiger partial charge in [0.25, 0.3) is 0 Å². The number of aromatic nitrogens is 1. The van der Waals surface area contributed by atoms with Crippen molar-refractivity contribution < 1.29 is 24.2 Å². The number of aryl methyl sites for hydroxylation is 1. The Labute approximate surface area is 103 Å². The molecule has 2 N–H and O–H groups in total. The molecular formula is C11H12N2O5. The van der Waals surface area contributed by atoms with Gasteiger partial charge in [-0.3, -0.25) is 0 Å². The number of nitrogens with one attached hydrogen (secondary N) is 1. The predicted octanol–water partition coefficient (Wildman–Crippen LogP) is 0.575. The molecule has 1 amide bonds. The zero-order chi connectivity index (χ0) is 13.1. The lowest BCUT2D eigenvalue weighted by Gasteiger charge is -2.11. The molecule has 0 bridgehead atoms.